The Morgan fingerprint density at radius 1 is 1.00 bits per heavy atom. The van der Waals surface area contributed by atoms with Crippen molar-refractivity contribution in [3.05, 3.63) is 0 Å². The summed E-state index contributed by atoms with van der Waals surface area (Å²) in [5.74, 6) is 2.62. The molecule has 4 saturated carbocycles. The summed E-state index contributed by atoms with van der Waals surface area (Å²) in [5.41, 5.74) is 0.361. The number of carbonyl (C=O) groups excluding carboxylic acids is 2. The highest BCUT2D eigenvalue weighted by molar-refractivity contribution is 5.87. The fourth-order valence-electron chi connectivity index (χ4n) is 8.37. The first-order chi connectivity index (χ1) is 12.1. The molecule has 0 aliphatic heterocycles. The Labute approximate surface area is 158 Å². The minimum Gasteiger partial charge on any atom is -0.454 e. The van der Waals surface area contributed by atoms with Gasteiger partial charge in [-0.2, -0.15) is 0 Å². The van der Waals surface area contributed by atoms with E-state index >= 15 is 0 Å². The monoisotopic (exact) mass is 360 g/mol. The van der Waals surface area contributed by atoms with Crippen molar-refractivity contribution in [2.45, 2.75) is 92.1 Å². The van der Waals surface area contributed by atoms with Crippen LogP contribution in [0.2, 0.25) is 0 Å². The Morgan fingerprint density at radius 3 is 2.42 bits per heavy atom. The molecule has 3 heteroatoms. The smallest absolute Gasteiger partial charge is 0.303 e. The van der Waals surface area contributed by atoms with E-state index in [0.717, 1.165) is 11.8 Å². The first-order valence-corrected chi connectivity index (χ1v) is 10.8. The molecule has 4 aliphatic carbocycles. The molecule has 0 radical (unpaired) electrons. The summed E-state index contributed by atoms with van der Waals surface area (Å²) in [7, 11) is 0. The molecule has 0 aromatic rings. The molecule has 146 valence electrons. The molecule has 4 aliphatic rings. The van der Waals surface area contributed by atoms with Gasteiger partial charge in [0.05, 0.1) is 0 Å². The van der Waals surface area contributed by atoms with Crippen LogP contribution in [0.1, 0.15) is 86.0 Å². The number of esters is 1. The van der Waals surface area contributed by atoms with E-state index in [0.29, 0.717) is 23.7 Å². The van der Waals surface area contributed by atoms with Crippen LogP contribution in [0.5, 0.6) is 0 Å². The van der Waals surface area contributed by atoms with E-state index in [1.807, 2.05) is 0 Å². The summed E-state index contributed by atoms with van der Waals surface area (Å²) in [6, 6.07) is 0. The van der Waals surface area contributed by atoms with Crippen LogP contribution in [0.25, 0.3) is 0 Å². The van der Waals surface area contributed by atoms with Gasteiger partial charge in [-0.15, -0.1) is 0 Å². The predicted octanol–water partition coefficient (Wildman–Crippen LogP) is 5.17. The maximum absolute atomic E-state index is 13.1. The van der Waals surface area contributed by atoms with Crippen molar-refractivity contribution in [3.63, 3.8) is 0 Å². The Kier molecular flexibility index (Phi) is 4.14. The zero-order valence-corrected chi connectivity index (χ0v) is 17.3. The molecule has 0 N–H and O–H groups in total. The van der Waals surface area contributed by atoms with Gasteiger partial charge in [0.15, 0.2) is 11.9 Å². The Hall–Kier alpha value is -0.860. The summed E-state index contributed by atoms with van der Waals surface area (Å²) in [4.78, 5) is 24.7. The Balaban J connectivity index is 1.67. The topological polar surface area (TPSA) is 43.4 Å². The molecule has 4 fully saturated rings. The van der Waals surface area contributed by atoms with E-state index < -0.39 is 6.10 Å². The molecule has 0 amide bonds. The molecule has 26 heavy (non-hydrogen) atoms. The Bertz CT molecular complexity index is 623. The minimum atomic E-state index is -0.560. The maximum atomic E-state index is 13.1. The van der Waals surface area contributed by atoms with E-state index in [1.54, 1.807) is 0 Å². The van der Waals surface area contributed by atoms with E-state index in [-0.39, 0.29) is 22.6 Å². The Morgan fingerprint density at radius 2 is 1.73 bits per heavy atom. The highest BCUT2D eigenvalue weighted by Gasteiger charge is 2.64. The van der Waals surface area contributed by atoms with Crippen LogP contribution in [-0.2, 0) is 14.3 Å². The third-order valence-electron chi connectivity index (χ3n) is 9.36. The van der Waals surface area contributed by atoms with Crippen LogP contribution < -0.4 is 0 Å². The standard InChI is InChI=1S/C23H36O3/c1-14(24)26-20-18(25)13-23(5)17-10-12-22(4)11-6-7-16(22)15(17)8-9-19(23)21(20,2)3/h15-17,19-20H,6-13H2,1-5H3. The quantitative estimate of drug-likeness (QED) is 0.606. The summed E-state index contributed by atoms with van der Waals surface area (Å²) < 4.78 is 5.55. The number of Topliss-reactive ketones (excluding diaryl/α,β-unsaturated/α-hetero) is 1. The average Bonchev–Trinajstić information content (AvgIpc) is 2.93. The molecule has 0 aromatic carbocycles. The number of rotatable bonds is 1. The summed E-state index contributed by atoms with van der Waals surface area (Å²) in [6.45, 7) is 10.7. The van der Waals surface area contributed by atoms with E-state index in [9.17, 15) is 9.59 Å². The molecule has 4 rings (SSSR count). The molecule has 7 atom stereocenters. The molecular weight excluding hydrogens is 324 g/mol. The SMILES string of the molecule is CC(=O)OC1C(=O)CC2(C)C3CCC4(C)CCCC4C3CCC2C1(C)C. The summed E-state index contributed by atoms with van der Waals surface area (Å²) in [5, 5.41) is 0. The lowest BCUT2D eigenvalue weighted by atomic mass is 9.41. The molecule has 0 aromatic heterocycles. The molecule has 3 nitrogen and oxygen atoms in total. The van der Waals surface area contributed by atoms with Crippen molar-refractivity contribution in [3.8, 4) is 0 Å². The van der Waals surface area contributed by atoms with E-state index in [2.05, 4.69) is 27.7 Å². The molecule has 0 spiro atoms. The number of fused-ring (bicyclic) bond motifs is 5. The number of ether oxygens (including phenoxy) is 1. The second-order valence-electron chi connectivity index (χ2n) is 11.1. The van der Waals surface area contributed by atoms with Gasteiger partial charge in [0.25, 0.3) is 0 Å². The van der Waals surface area contributed by atoms with Gasteiger partial charge in [-0.3, -0.25) is 9.59 Å². The largest absolute Gasteiger partial charge is 0.454 e. The van der Waals surface area contributed by atoms with Gasteiger partial charge < -0.3 is 4.74 Å². The van der Waals surface area contributed by atoms with Crippen LogP contribution >= 0.6 is 0 Å². The third kappa shape index (κ3) is 2.44. The van der Waals surface area contributed by atoms with Crippen molar-refractivity contribution in [1.82, 2.24) is 0 Å². The second-order valence-corrected chi connectivity index (χ2v) is 11.1. The fraction of sp³-hybridized carbons (Fsp3) is 0.913. The minimum absolute atomic E-state index is 0.0735. The first-order valence-electron chi connectivity index (χ1n) is 10.8. The zero-order chi connectivity index (χ0) is 18.9. The van der Waals surface area contributed by atoms with Gasteiger partial charge in [-0.05, 0) is 73.0 Å². The van der Waals surface area contributed by atoms with Crippen LogP contribution in [0.4, 0.5) is 0 Å². The van der Waals surface area contributed by atoms with Crippen LogP contribution in [0.3, 0.4) is 0 Å². The molecule has 0 heterocycles. The molecule has 0 bridgehead atoms. The van der Waals surface area contributed by atoms with Crippen molar-refractivity contribution in [2.75, 3.05) is 0 Å². The van der Waals surface area contributed by atoms with Crippen LogP contribution in [0, 0.1) is 39.9 Å². The summed E-state index contributed by atoms with van der Waals surface area (Å²) in [6.07, 6.45) is 9.33. The zero-order valence-electron chi connectivity index (χ0n) is 17.3. The number of hydrogen-bond donors (Lipinski definition) is 0. The number of carbonyl (C=O) groups is 2. The molecule has 0 saturated heterocycles. The van der Waals surface area contributed by atoms with E-state index in [1.165, 1.54) is 51.9 Å². The highest BCUT2D eigenvalue weighted by atomic mass is 16.5. The molecular formula is C23H36O3. The van der Waals surface area contributed by atoms with Crippen molar-refractivity contribution in [1.29, 1.82) is 0 Å². The lowest BCUT2D eigenvalue weighted by Gasteiger charge is -2.63. The van der Waals surface area contributed by atoms with Crippen molar-refractivity contribution >= 4 is 11.8 Å². The predicted molar refractivity (Wildman–Crippen MR) is 101 cm³/mol. The summed E-state index contributed by atoms with van der Waals surface area (Å²) >= 11 is 0. The number of hydrogen-bond acceptors (Lipinski definition) is 3. The van der Waals surface area contributed by atoms with Gasteiger partial charge in [0.1, 0.15) is 0 Å². The lowest BCUT2D eigenvalue weighted by Crippen LogP contribution is -2.62. The van der Waals surface area contributed by atoms with Crippen molar-refractivity contribution < 1.29 is 14.3 Å². The lowest BCUT2D eigenvalue weighted by molar-refractivity contribution is -0.195. The van der Waals surface area contributed by atoms with Gasteiger partial charge in [-0.25, -0.2) is 0 Å². The third-order valence-corrected chi connectivity index (χ3v) is 9.36. The average molecular weight is 361 g/mol. The number of ketones is 1. The first kappa shape index (κ1) is 18.5. The van der Waals surface area contributed by atoms with Crippen molar-refractivity contribution in [2.24, 2.45) is 39.9 Å². The van der Waals surface area contributed by atoms with Crippen LogP contribution in [0.15, 0.2) is 0 Å². The van der Waals surface area contributed by atoms with Gasteiger partial charge in [0.2, 0.25) is 0 Å². The van der Waals surface area contributed by atoms with Gasteiger partial charge in [-0.1, -0.05) is 34.1 Å². The maximum Gasteiger partial charge on any atom is 0.303 e. The molecule has 7 unspecified atom stereocenters. The normalized spacial score (nSPS) is 49.7. The van der Waals surface area contributed by atoms with E-state index in [4.69, 9.17) is 4.74 Å². The highest BCUT2D eigenvalue weighted by Crippen LogP contribution is 2.68. The van der Waals surface area contributed by atoms with Gasteiger partial charge in [0, 0.05) is 18.8 Å². The second kappa shape index (κ2) is 5.82. The van der Waals surface area contributed by atoms with Gasteiger partial charge >= 0.3 is 5.97 Å². The van der Waals surface area contributed by atoms with Crippen LogP contribution in [-0.4, -0.2) is 17.9 Å². The fourth-order valence-corrected chi connectivity index (χ4v) is 8.37.